The fourth-order valence-electron chi connectivity index (χ4n) is 1.51. The zero-order chi connectivity index (χ0) is 11.5. The van der Waals surface area contributed by atoms with E-state index in [0.29, 0.717) is 5.82 Å². The maximum absolute atomic E-state index is 13.2. The second-order valence-corrected chi connectivity index (χ2v) is 3.50. The highest BCUT2D eigenvalue weighted by atomic mass is 19.1. The maximum atomic E-state index is 13.2. The number of halogens is 1. The van der Waals surface area contributed by atoms with E-state index in [0.717, 1.165) is 16.8 Å². The molecule has 4 heteroatoms. The summed E-state index contributed by atoms with van der Waals surface area (Å²) in [6, 6.07) is 6.46. The van der Waals surface area contributed by atoms with E-state index in [1.54, 1.807) is 19.2 Å². The van der Waals surface area contributed by atoms with Crippen LogP contribution in [0, 0.1) is 12.7 Å². The van der Waals surface area contributed by atoms with Crippen molar-refractivity contribution in [3.05, 3.63) is 42.0 Å². The lowest BCUT2D eigenvalue weighted by molar-refractivity contribution is 0.628. The van der Waals surface area contributed by atoms with E-state index in [1.165, 1.54) is 18.5 Å². The molecule has 0 atom stereocenters. The van der Waals surface area contributed by atoms with Gasteiger partial charge in [0.25, 0.3) is 0 Å². The van der Waals surface area contributed by atoms with Crippen molar-refractivity contribution in [2.75, 3.05) is 12.4 Å². The van der Waals surface area contributed by atoms with E-state index < -0.39 is 0 Å². The van der Waals surface area contributed by atoms with E-state index in [4.69, 9.17) is 0 Å². The van der Waals surface area contributed by atoms with Crippen LogP contribution in [-0.2, 0) is 0 Å². The summed E-state index contributed by atoms with van der Waals surface area (Å²) < 4.78 is 13.2. The second-order valence-electron chi connectivity index (χ2n) is 3.50. The van der Waals surface area contributed by atoms with Crippen molar-refractivity contribution >= 4 is 5.82 Å². The van der Waals surface area contributed by atoms with Crippen molar-refractivity contribution in [2.24, 2.45) is 0 Å². The van der Waals surface area contributed by atoms with Gasteiger partial charge in [-0.25, -0.2) is 14.4 Å². The number of anilines is 1. The molecule has 82 valence electrons. The molecule has 2 aromatic rings. The zero-order valence-electron chi connectivity index (χ0n) is 9.16. The fraction of sp³-hybridized carbons (Fsp3) is 0.167. The van der Waals surface area contributed by atoms with Gasteiger partial charge in [0.05, 0.1) is 5.69 Å². The van der Waals surface area contributed by atoms with Crippen LogP contribution < -0.4 is 5.32 Å². The lowest BCUT2D eigenvalue weighted by atomic mass is 10.1. The first-order valence-electron chi connectivity index (χ1n) is 4.97. The Hall–Kier alpha value is -1.97. The Morgan fingerprint density at radius 1 is 1.19 bits per heavy atom. The van der Waals surface area contributed by atoms with Gasteiger partial charge in [-0.3, -0.25) is 0 Å². The quantitative estimate of drug-likeness (QED) is 0.840. The van der Waals surface area contributed by atoms with Crippen molar-refractivity contribution in [3.8, 4) is 11.3 Å². The minimum Gasteiger partial charge on any atom is -0.373 e. The number of nitrogens with zero attached hydrogens (tertiary/aromatic N) is 2. The SMILES string of the molecule is CNc1cc(-c2cc(F)ccc2C)ncn1. The molecule has 3 nitrogen and oxygen atoms in total. The normalized spacial score (nSPS) is 10.2. The van der Waals surface area contributed by atoms with Gasteiger partial charge in [-0.05, 0) is 24.6 Å². The Balaban J connectivity index is 2.53. The molecular formula is C12H12FN3. The predicted octanol–water partition coefficient (Wildman–Crippen LogP) is 2.63. The highest BCUT2D eigenvalue weighted by molar-refractivity contribution is 5.65. The largest absolute Gasteiger partial charge is 0.373 e. The van der Waals surface area contributed by atoms with Crippen LogP contribution in [0.5, 0.6) is 0 Å². The van der Waals surface area contributed by atoms with E-state index in [1.807, 2.05) is 6.92 Å². The molecule has 0 saturated heterocycles. The molecule has 0 spiro atoms. The van der Waals surface area contributed by atoms with Gasteiger partial charge in [0.2, 0.25) is 0 Å². The number of aromatic nitrogens is 2. The summed E-state index contributed by atoms with van der Waals surface area (Å²) >= 11 is 0. The third kappa shape index (κ3) is 2.00. The maximum Gasteiger partial charge on any atom is 0.129 e. The van der Waals surface area contributed by atoms with Gasteiger partial charge in [0, 0.05) is 18.7 Å². The molecule has 2 rings (SSSR count). The molecule has 0 unspecified atom stereocenters. The third-order valence-corrected chi connectivity index (χ3v) is 2.40. The highest BCUT2D eigenvalue weighted by Gasteiger charge is 2.05. The average molecular weight is 217 g/mol. The lowest BCUT2D eigenvalue weighted by Gasteiger charge is -2.06. The zero-order valence-corrected chi connectivity index (χ0v) is 9.16. The molecule has 1 aromatic carbocycles. The van der Waals surface area contributed by atoms with Crippen molar-refractivity contribution in [1.29, 1.82) is 0 Å². The minimum absolute atomic E-state index is 0.259. The molecule has 0 bridgehead atoms. The summed E-state index contributed by atoms with van der Waals surface area (Å²) in [6.45, 7) is 1.93. The van der Waals surface area contributed by atoms with Crippen LogP contribution in [0.25, 0.3) is 11.3 Å². The fourth-order valence-corrected chi connectivity index (χ4v) is 1.51. The Labute approximate surface area is 93.4 Å². The smallest absolute Gasteiger partial charge is 0.129 e. The van der Waals surface area contributed by atoms with Gasteiger partial charge in [-0.2, -0.15) is 0 Å². The Kier molecular flexibility index (Phi) is 2.81. The van der Waals surface area contributed by atoms with E-state index in [9.17, 15) is 4.39 Å². The first-order chi connectivity index (χ1) is 7.70. The average Bonchev–Trinajstić information content (AvgIpc) is 2.32. The van der Waals surface area contributed by atoms with Gasteiger partial charge >= 0.3 is 0 Å². The van der Waals surface area contributed by atoms with Gasteiger partial charge < -0.3 is 5.32 Å². The van der Waals surface area contributed by atoms with Crippen molar-refractivity contribution in [2.45, 2.75) is 6.92 Å². The molecule has 0 radical (unpaired) electrons. The van der Waals surface area contributed by atoms with Crippen LogP contribution in [0.2, 0.25) is 0 Å². The van der Waals surface area contributed by atoms with Gasteiger partial charge in [0.15, 0.2) is 0 Å². The first kappa shape index (κ1) is 10.5. The van der Waals surface area contributed by atoms with Crippen molar-refractivity contribution in [3.63, 3.8) is 0 Å². The number of hydrogen-bond donors (Lipinski definition) is 1. The predicted molar refractivity (Wildman–Crippen MR) is 61.7 cm³/mol. The molecule has 0 aliphatic heterocycles. The summed E-state index contributed by atoms with van der Waals surface area (Å²) in [5, 5.41) is 2.93. The van der Waals surface area contributed by atoms with Gasteiger partial charge in [0.1, 0.15) is 18.0 Å². The summed E-state index contributed by atoms with van der Waals surface area (Å²) in [6.07, 6.45) is 1.46. The van der Waals surface area contributed by atoms with Crippen molar-refractivity contribution in [1.82, 2.24) is 9.97 Å². The van der Waals surface area contributed by atoms with Crippen LogP contribution in [0.3, 0.4) is 0 Å². The molecule has 16 heavy (non-hydrogen) atoms. The summed E-state index contributed by atoms with van der Waals surface area (Å²) in [5.74, 6) is 0.457. The second kappa shape index (κ2) is 4.26. The molecule has 1 aromatic heterocycles. The van der Waals surface area contributed by atoms with Crippen LogP contribution in [0.15, 0.2) is 30.6 Å². The van der Waals surface area contributed by atoms with Crippen LogP contribution in [-0.4, -0.2) is 17.0 Å². The third-order valence-electron chi connectivity index (χ3n) is 2.40. The summed E-state index contributed by atoms with van der Waals surface area (Å²) in [5.41, 5.74) is 2.50. The molecule has 0 amide bonds. The number of nitrogens with one attached hydrogen (secondary N) is 1. The Bertz CT molecular complexity index is 511. The first-order valence-corrected chi connectivity index (χ1v) is 4.97. The lowest BCUT2D eigenvalue weighted by Crippen LogP contribution is -1.95. The Morgan fingerprint density at radius 2 is 2.00 bits per heavy atom. The number of benzene rings is 1. The van der Waals surface area contributed by atoms with Gasteiger partial charge in [-0.15, -0.1) is 0 Å². The van der Waals surface area contributed by atoms with Crippen LogP contribution >= 0.6 is 0 Å². The van der Waals surface area contributed by atoms with Crippen LogP contribution in [0.4, 0.5) is 10.2 Å². The molecule has 1 heterocycles. The minimum atomic E-state index is -0.259. The summed E-state index contributed by atoms with van der Waals surface area (Å²) in [7, 11) is 1.78. The number of aryl methyl sites for hydroxylation is 1. The molecular weight excluding hydrogens is 205 g/mol. The van der Waals surface area contributed by atoms with E-state index in [-0.39, 0.29) is 5.82 Å². The molecule has 0 aliphatic rings. The van der Waals surface area contributed by atoms with Crippen molar-refractivity contribution < 1.29 is 4.39 Å². The van der Waals surface area contributed by atoms with Crippen LogP contribution in [0.1, 0.15) is 5.56 Å². The monoisotopic (exact) mass is 217 g/mol. The van der Waals surface area contributed by atoms with E-state index in [2.05, 4.69) is 15.3 Å². The molecule has 1 N–H and O–H groups in total. The molecule has 0 aliphatic carbocycles. The number of rotatable bonds is 2. The van der Waals surface area contributed by atoms with Gasteiger partial charge in [-0.1, -0.05) is 6.07 Å². The highest BCUT2D eigenvalue weighted by Crippen LogP contribution is 2.23. The topological polar surface area (TPSA) is 37.8 Å². The standard InChI is InChI=1S/C12H12FN3/c1-8-3-4-9(13)5-10(8)11-6-12(14-2)16-7-15-11/h3-7H,1-2H3,(H,14,15,16). The molecule has 0 saturated carbocycles. The van der Waals surface area contributed by atoms with E-state index >= 15 is 0 Å². The Morgan fingerprint density at radius 3 is 2.75 bits per heavy atom. The number of hydrogen-bond acceptors (Lipinski definition) is 3. The summed E-state index contributed by atoms with van der Waals surface area (Å²) in [4.78, 5) is 8.16. The molecule has 0 fully saturated rings.